The molecule has 0 aliphatic carbocycles. The maximum Gasteiger partial charge on any atom is 0.139 e. The fourth-order valence-corrected chi connectivity index (χ4v) is 1.92. The molecular weight excluding hydrogens is 279 g/mol. The zero-order valence-corrected chi connectivity index (χ0v) is 11.1. The Balaban J connectivity index is 2.09. The molecule has 0 fully saturated rings. The Kier molecular flexibility index (Phi) is 4.16. The van der Waals surface area contributed by atoms with E-state index in [1.54, 1.807) is 18.2 Å². The van der Waals surface area contributed by atoms with Crippen LogP contribution in [0, 0.1) is 0 Å². The third kappa shape index (κ3) is 3.53. The Morgan fingerprint density at radius 1 is 0.882 bits per heavy atom. The summed E-state index contributed by atoms with van der Waals surface area (Å²) in [6, 6.07) is 12.6. The van der Waals surface area contributed by atoms with Crippen LogP contribution in [0.1, 0.15) is 5.56 Å². The summed E-state index contributed by atoms with van der Waals surface area (Å²) < 4.78 is 5.58. The fraction of sp³-hybridized carbons (Fsp3) is 0.0769. The molecule has 0 amide bonds. The standard InChI is InChI=1S/C13H9Cl3O/c14-10-3-1-2-9(6-10)8-17-13-7-11(15)4-5-12(13)16/h1-7H,8H2. The summed E-state index contributed by atoms with van der Waals surface area (Å²) in [4.78, 5) is 0. The maximum atomic E-state index is 5.98. The molecule has 88 valence electrons. The van der Waals surface area contributed by atoms with E-state index in [2.05, 4.69) is 0 Å². The summed E-state index contributed by atoms with van der Waals surface area (Å²) in [6.45, 7) is 0.403. The van der Waals surface area contributed by atoms with Crippen LogP contribution in [0.3, 0.4) is 0 Å². The second-order valence-corrected chi connectivity index (χ2v) is 4.77. The first-order valence-electron chi connectivity index (χ1n) is 4.97. The summed E-state index contributed by atoms with van der Waals surface area (Å²) in [5.41, 5.74) is 0.980. The smallest absolute Gasteiger partial charge is 0.139 e. The highest BCUT2D eigenvalue weighted by molar-refractivity contribution is 6.34. The van der Waals surface area contributed by atoms with E-state index in [1.807, 2.05) is 24.3 Å². The normalized spacial score (nSPS) is 10.3. The van der Waals surface area contributed by atoms with Crippen LogP contribution in [0.25, 0.3) is 0 Å². The van der Waals surface area contributed by atoms with Crippen molar-refractivity contribution in [3.63, 3.8) is 0 Å². The maximum absolute atomic E-state index is 5.98. The average molecular weight is 288 g/mol. The number of hydrogen-bond acceptors (Lipinski definition) is 1. The molecule has 17 heavy (non-hydrogen) atoms. The Labute approximate surface area is 115 Å². The van der Waals surface area contributed by atoms with Crippen molar-refractivity contribution >= 4 is 34.8 Å². The number of ether oxygens (including phenoxy) is 1. The lowest BCUT2D eigenvalue weighted by atomic mass is 10.2. The Bertz CT molecular complexity index is 526. The van der Waals surface area contributed by atoms with Crippen LogP contribution >= 0.6 is 34.8 Å². The first-order valence-corrected chi connectivity index (χ1v) is 6.11. The zero-order valence-electron chi connectivity index (χ0n) is 8.79. The zero-order chi connectivity index (χ0) is 12.3. The molecule has 0 spiro atoms. The fourth-order valence-electron chi connectivity index (χ4n) is 1.38. The van der Waals surface area contributed by atoms with Crippen LogP contribution in [-0.2, 0) is 6.61 Å². The van der Waals surface area contributed by atoms with Gasteiger partial charge in [0.1, 0.15) is 12.4 Å². The summed E-state index contributed by atoms with van der Waals surface area (Å²) in [5, 5.41) is 1.82. The molecule has 1 nitrogen and oxygen atoms in total. The van der Waals surface area contributed by atoms with Crippen molar-refractivity contribution in [2.75, 3.05) is 0 Å². The minimum Gasteiger partial charge on any atom is -0.487 e. The lowest BCUT2D eigenvalue weighted by Gasteiger charge is -2.08. The van der Waals surface area contributed by atoms with Gasteiger partial charge >= 0.3 is 0 Å². The van der Waals surface area contributed by atoms with E-state index in [-0.39, 0.29) is 0 Å². The van der Waals surface area contributed by atoms with Gasteiger partial charge in [0, 0.05) is 16.1 Å². The summed E-state index contributed by atoms with van der Waals surface area (Å²) in [6.07, 6.45) is 0. The predicted octanol–water partition coefficient (Wildman–Crippen LogP) is 5.23. The largest absolute Gasteiger partial charge is 0.487 e. The molecule has 0 unspecified atom stereocenters. The van der Waals surface area contributed by atoms with Gasteiger partial charge in [-0.05, 0) is 29.8 Å². The van der Waals surface area contributed by atoms with Crippen LogP contribution < -0.4 is 4.74 Å². The van der Waals surface area contributed by atoms with Gasteiger partial charge in [0.2, 0.25) is 0 Å². The molecule has 0 heterocycles. The van der Waals surface area contributed by atoms with Crippen molar-refractivity contribution < 1.29 is 4.74 Å². The average Bonchev–Trinajstić information content (AvgIpc) is 2.30. The molecule has 0 bridgehead atoms. The molecule has 0 N–H and O–H groups in total. The summed E-state index contributed by atoms with van der Waals surface area (Å²) in [5.74, 6) is 0.569. The minimum atomic E-state index is 0.403. The van der Waals surface area contributed by atoms with Crippen molar-refractivity contribution in [1.82, 2.24) is 0 Å². The quantitative estimate of drug-likeness (QED) is 0.751. The van der Waals surface area contributed by atoms with Crippen LogP contribution in [-0.4, -0.2) is 0 Å². The predicted molar refractivity (Wildman–Crippen MR) is 72.2 cm³/mol. The van der Waals surface area contributed by atoms with Crippen molar-refractivity contribution in [3.05, 3.63) is 63.1 Å². The van der Waals surface area contributed by atoms with E-state index in [1.165, 1.54) is 0 Å². The molecule has 0 aliphatic rings. The second-order valence-electron chi connectivity index (χ2n) is 3.49. The van der Waals surface area contributed by atoms with Gasteiger partial charge in [0.05, 0.1) is 5.02 Å². The van der Waals surface area contributed by atoms with Gasteiger partial charge < -0.3 is 4.74 Å². The first kappa shape index (κ1) is 12.6. The lowest BCUT2D eigenvalue weighted by molar-refractivity contribution is 0.306. The van der Waals surface area contributed by atoms with E-state index in [0.717, 1.165) is 5.56 Å². The van der Waals surface area contributed by atoms with Crippen LogP contribution in [0.15, 0.2) is 42.5 Å². The molecule has 0 radical (unpaired) electrons. The van der Waals surface area contributed by atoms with Crippen LogP contribution in [0.4, 0.5) is 0 Å². The number of hydrogen-bond donors (Lipinski definition) is 0. The van der Waals surface area contributed by atoms with Crippen molar-refractivity contribution in [1.29, 1.82) is 0 Å². The molecule has 2 aromatic carbocycles. The van der Waals surface area contributed by atoms with Gasteiger partial charge in [-0.25, -0.2) is 0 Å². The third-order valence-corrected chi connectivity index (χ3v) is 2.96. The number of halogens is 3. The van der Waals surface area contributed by atoms with Crippen molar-refractivity contribution in [2.45, 2.75) is 6.61 Å². The molecule has 0 aliphatic heterocycles. The van der Waals surface area contributed by atoms with E-state index < -0.39 is 0 Å². The molecule has 0 saturated heterocycles. The highest BCUT2D eigenvalue weighted by Gasteiger charge is 2.03. The third-order valence-electron chi connectivity index (χ3n) is 2.18. The second kappa shape index (κ2) is 5.63. The summed E-state index contributed by atoms with van der Waals surface area (Å²) in [7, 11) is 0. The van der Waals surface area contributed by atoms with Crippen molar-refractivity contribution in [3.8, 4) is 5.75 Å². The van der Waals surface area contributed by atoms with Gasteiger partial charge in [-0.3, -0.25) is 0 Å². The SMILES string of the molecule is Clc1cccc(COc2cc(Cl)ccc2Cl)c1. The van der Waals surface area contributed by atoms with Crippen molar-refractivity contribution in [2.24, 2.45) is 0 Å². The van der Waals surface area contributed by atoms with E-state index in [9.17, 15) is 0 Å². The van der Waals surface area contributed by atoms with E-state index in [4.69, 9.17) is 39.5 Å². The Morgan fingerprint density at radius 2 is 1.65 bits per heavy atom. The summed E-state index contributed by atoms with van der Waals surface area (Å²) >= 11 is 17.7. The Morgan fingerprint density at radius 3 is 2.41 bits per heavy atom. The molecule has 4 heteroatoms. The van der Waals surface area contributed by atoms with Gasteiger partial charge in [-0.2, -0.15) is 0 Å². The van der Waals surface area contributed by atoms with Gasteiger partial charge in [0.15, 0.2) is 0 Å². The van der Waals surface area contributed by atoms with Gasteiger partial charge in [-0.1, -0.05) is 46.9 Å². The van der Waals surface area contributed by atoms with Crippen LogP contribution in [0.5, 0.6) is 5.75 Å². The minimum absolute atomic E-state index is 0.403. The molecule has 0 saturated carbocycles. The Hall–Kier alpha value is -0.890. The van der Waals surface area contributed by atoms with Gasteiger partial charge in [-0.15, -0.1) is 0 Å². The lowest BCUT2D eigenvalue weighted by Crippen LogP contribution is -1.95. The number of benzene rings is 2. The molecule has 2 rings (SSSR count). The highest BCUT2D eigenvalue weighted by atomic mass is 35.5. The molecular formula is C13H9Cl3O. The molecule has 2 aromatic rings. The van der Waals surface area contributed by atoms with Crippen LogP contribution in [0.2, 0.25) is 15.1 Å². The monoisotopic (exact) mass is 286 g/mol. The highest BCUT2D eigenvalue weighted by Crippen LogP contribution is 2.28. The first-order chi connectivity index (χ1) is 8.15. The van der Waals surface area contributed by atoms with E-state index in [0.29, 0.717) is 27.4 Å². The van der Waals surface area contributed by atoms with Gasteiger partial charge in [0.25, 0.3) is 0 Å². The topological polar surface area (TPSA) is 9.23 Å². The molecule has 0 aromatic heterocycles. The number of rotatable bonds is 3. The van der Waals surface area contributed by atoms with E-state index >= 15 is 0 Å². The molecule has 0 atom stereocenters.